The lowest BCUT2D eigenvalue weighted by atomic mass is 9.32. The summed E-state index contributed by atoms with van der Waals surface area (Å²) < 4.78 is 0. The first-order chi connectivity index (χ1) is 16.0. The van der Waals surface area contributed by atoms with Gasteiger partial charge in [-0.15, -0.1) is 0 Å². The van der Waals surface area contributed by atoms with Gasteiger partial charge in [0.25, 0.3) is 0 Å². The topological polar surface area (TPSA) is 98.0 Å². The maximum Gasteiger partial charge on any atom is 0.306 e. The van der Waals surface area contributed by atoms with Gasteiger partial charge in [0, 0.05) is 11.3 Å². The number of fused-ring (bicyclic) bond motifs is 7. The van der Waals surface area contributed by atoms with Crippen molar-refractivity contribution in [2.45, 2.75) is 118 Å². The van der Waals surface area contributed by atoms with E-state index in [-0.39, 0.29) is 38.9 Å². The minimum Gasteiger partial charge on any atom is -0.481 e. The smallest absolute Gasteiger partial charge is 0.306 e. The SMILES string of the molecule is CC1C(C(=O)O)CCC2(C)CCC3(C)C(=CCC4C5(C)CCC(O)C(C)(C)C5C(O)CC43C)C12O. The second-order valence-corrected chi connectivity index (χ2v) is 14.9. The third kappa shape index (κ3) is 2.84. The van der Waals surface area contributed by atoms with Crippen molar-refractivity contribution in [2.75, 3.05) is 0 Å². The van der Waals surface area contributed by atoms with Crippen LogP contribution in [0.2, 0.25) is 0 Å². The van der Waals surface area contributed by atoms with Crippen molar-refractivity contribution in [3.8, 4) is 0 Å². The Labute approximate surface area is 211 Å². The maximum atomic E-state index is 12.7. The molecule has 0 aromatic heterocycles. The van der Waals surface area contributed by atoms with E-state index in [9.17, 15) is 25.2 Å². The molecule has 5 rings (SSSR count). The molecule has 11 atom stereocenters. The number of allylic oxidation sites excluding steroid dienone is 1. The molecule has 0 heterocycles. The van der Waals surface area contributed by atoms with Crippen LogP contribution in [0.3, 0.4) is 0 Å². The molecule has 0 radical (unpaired) electrons. The molecule has 5 aliphatic rings. The number of hydrogen-bond acceptors (Lipinski definition) is 4. The molecule has 4 fully saturated rings. The van der Waals surface area contributed by atoms with Gasteiger partial charge >= 0.3 is 5.97 Å². The highest BCUT2D eigenvalue weighted by Crippen LogP contribution is 2.76. The Morgan fingerprint density at radius 2 is 1.63 bits per heavy atom. The molecule has 5 heteroatoms. The predicted molar refractivity (Wildman–Crippen MR) is 135 cm³/mol. The summed E-state index contributed by atoms with van der Waals surface area (Å²) in [5.74, 6) is -1.33. The van der Waals surface area contributed by atoms with Crippen molar-refractivity contribution in [3.63, 3.8) is 0 Å². The van der Waals surface area contributed by atoms with Crippen LogP contribution in [0.15, 0.2) is 11.6 Å². The van der Waals surface area contributed by atoms with Crippen LogP contribution in [-0.4, -0.2) is 44.2 Å². The number of aliphatic hydroxyl groups is 3. The van der Waals surface area contributed by atoms with E-state index in [1.807, 2.05) is 6.92 Å². The van der Waals surface area contributed by atoms with Gasteiger partial charge in [0.2, 0.25) is 0 Å². The van der Waals surface area contributed by atoms with Crippen LogP contribution in [0.4, 0.5) is 0 Å². The normalized spacial score (nSPS) is 57.1. The zero-order valence-electron chi connectivity index (χ0n) is 22.9. The molecule has 11 unspecified atom stereocenters. The Bertz CT molecular complexity index is 956. The van der Waals surface area contributed by atoms with Crippen molar-refractivity contribution in [3.05, 3.63) is 11.6 Å². The van der Waals surface area contributed by atoms with Crippen LogP contribution in [0.1, 0.15) is 99.8 Å². The summed E-state index contributed by atoms with van der Waals surface area (Å²) in [7, 11) is 0. The summed E-state index contributed by atoms with van der Waals surface area (Å²) in [4.78, 5) is 12.2. The van der Waals surface area contributed by atoms with E-state index in [2.05, 4.69) is 47.6 Å². The molecular formula is C30H48O5. The molecule has 5 aliphatic carbocycles. The van der Waals surface area contributed by atoms with Gasteiger partial charge in [-0.3, -0.25) is 4.79 Å². The van der Waals surface area contributed by atoms with Crippen LogP contribution in [0, 0.1) is 50.7 Å². The number of rotatable bonds is 1. The molecular weight excluding hydrogens is 440 g/mol. The first-order valence-corrected chi connectivity index (χ1v) is 14.0. The lowest BCUT2D eigenvalue weighted by molar-refractivity contribution is -0.253. The summed E-state index contributed by atoms with van der Waals surface area (Å²) in [6, 6.07) is 0. The molecule has 35 heavy (non-hydrogen) atoms. The highest BCUT2D eigenvalue weighted by atomic mass is 16.4. The molecule has 0 spiro atoms. The Hall–Kier alpha value is -0.910. The average Bonchev–Trinajstić information content (AvgIpc) is 2.74. The van der Waals surface area contributed by atoms with Gasteiger partial charge in [-0.25, -0.2) is 0 Å². The summed E-state index contributed by atoms with van der Waals surface area (Å²) >= 11 is 0. The highest BCUT2D eigenvalue weighted by molar-refractivity contribution is 5.71. The Balaban J connectivity index is 1.65. The summed E-state index contributed by atoms with van der Waals surface area (Å²) in [6.07, 6.45) is 7.72. The van der Waals surface area contributed by atoms with Crippen molar-refractivity contribution in [1.29, 1.82) is 0 Å². The molecule has 4 saturated carbocycles. The van der Waals surface area contributed by atoms with Crippen molar-refractivity contribution >= 4 is 5.97 Å². The Kier molecular flexibility index (Phi) is 5.40. The van der Waals surface area contributed by atoms with Crippen LogP contribution in [-0.2, 0) is 4.79 Å². The Morgan fingerprint density at radius 3 is 2.26 bits per heavy atom. The zero-order chi connectivity index (χ0) is 26.0. The summed E-state index contributed by atoms with van der Waals surface area (Å²) in [5, 5.41) is 45.3. The van der Waals surface area contributed by atoms with E-state index in [4.69, 9.17) is 0 Å². The maximum absolute atomic E-state index is 12.7. The first-order valence-electron chi connectivity index (χ1n) is 14.0. The van der Waals surface area contributed by atoms with Gasteiger partial charge in [0.15, 0.2) is 0 Å². The molecule has 0 aromatic rings. The third-order valence-electron chi connectivity index (χ3n) is 13.4. The van der Waals surface area contributed by atoms with E-state index in [0.29, 0.717) is 18.8 Å². The monoisotopic (exact) mass is 488 g/mol. The largest absolute Gasteiger partial charge is 0.481 e. The molecule has 198 valence electrons. The summed E-state index contributed by atoms with van der Waals surface area (Å²) in [6.45, 7) is 15.4. The molecule has 0 amide bonds. The zero-order valence-corrected chi connectivity index (χ0v) is 22.9. The van der Waals surface area contributed by atoms with E-state index < -0.39 is 29.7 Å². The quantitative estimate of drug-likeness (QED) is 0.382. The van der Waals surface area contributed by atoms with Crippen LogP contribution in [0.25, 0.3) is 0 Å². The van der Waals surface area contributed by atoms with Gasteiger partial charge < -0.3 is 20.4 Å². The second-order valence-electron chi connectivity index (χ2n) is 14.9. The van der Waals surface area contributed by atoms with Gasteiger partial charge in [-0.1, -0.05) is 54.5 Å². The average molecular weight is 489 g/mol. The predicted octanol–water partition coefficient (Wildman–Crippen LogP) is 5.18. The number of aliphatic carboxylic acids is 1. The summed E-state index contributed by atoms with van der Waals surface area (Å²) in [5.41, 5.74) is -1.41. The second kappa shape index (κ2) is 7.35. The van der Waals surface area contributed by atoms with E-state index >= 15 is 0 Å². The van der Waals surface area contributed by atoms with E-state index in [0.717, 1.165) is 44.1 Å². The number of carboxylic acid groups (broad SMARTS) is 1. The fourth-order valence-electron chi connectivity index (χ4n) is 11.2. The molecule has 0 bridgehead atoms. The van der Waals surface area contributed by atoms with Crippen LogP contribution < -0.4 is 0 Å². The molecule has 0 saturated heterocycles. The fourth-order valence-corrected chi connectivity index (χ4v) is 11.2. The van der Waals surface area contributed by atoms with E-state index in [1.54, 1.807) is 0 Å². The van der Waals surface area contributed by atoms with Gasteiger partial charge in [-0.2, -0.15) is 0 Å². The lowest BCUT2D eigenvalue weighted by Crippen LogP contribution is -2.71. The van der Waals surface area contributed by atoms with Gasteiger partial charge in [-0.05, 0) is 90.4 Å². The van der Waals surface area contributed by atoms with Crippen molar-refractivity contribution < 1.29 is 25.2 Å². The number of hydrogen-bond donors (Lipinski definition) is 4. The lowest BCUT2D eigenvalue weighted by Gasteiger charge is -2.73. The molecule has 0 aliphatic heterocycles. The molecule has 0 aromatic carbocycles. The minimum absolute atomic E-state index is 0.0253. The minimum atomic E-state index is -1.15. The number of carboxylic acids is 1. The van der Waals surface area contributed by atoms with Crippen molar-refractivity contribution in [1.82, 2.24) is 0 Å². The van der Waals surface area contributed by atoms with Gasteiger partial charge in [0.1, 0.15) is 0 Å². The molecule has 4 N–H and O–H groups in total. The Morgan fingerprint density at radius 1 is 0.971 bits per heavy atom. The van der Waals surface area contributed by atoms with E-state index in [1.165, 1.54) is 0 Å². The van der Waals surface area contributed by atoms with Gasteiger partial charge in [0.05, 0.1) is 23.7 Å². The first kappa shape index (κ1) is 25.7. The highest BCUT2D eigenvalue weighted by Gasteiger charge is 2.73. The van der Waals surface area contributed by atoms with Crippen LogP contribution in [0.5, 0.6) is 0 Å². The third-order valence-corrected chi connectivity index (χ3v) is 13.4. The number of aliphatic hydroxyl groups excluding tert-OH is 2. The fraction of sp³-hybridized carbons (Fsp3) is 0.900. The van der Waals surface area contributed by atoms with Crippen molar-refractivity contribution in [2.24, 2.45) is 50.7 Å². The van der Waals surface area contributed by atoms with Crippen LogP contribution >= 0.6 is 0 Å². The molecule has 5 nitrogen and oxygen atoms in total. The standard InChI is InChI=1S/C30H48O5/c1-17-18(24(33)34)10-12-26(4)14-15-28(6)21(30(17,26)35)9-8-20-27(5)13-11-22(32)25(2,3)23(27)19(31)16-29(20,28)7/h9,17-20,22-23,31-32,35H,8,10-16H2,1-7H3,(H,33,34). The number of carbonyl (C=O) groups is 1.